The van der Waals surface area contributed by atoms with E-state index < -0.39 is 37.0 Å². The zero-order valence-electron chi connectivity index (χ0n) is 8.83. The first-order valence-corrected chi connectivity index (χ1v) is 7.43. The van der Waals surface area contributed by atoms with Crippen LogP contribution >= 0.6 is 0 Å². The summed E-state index contributed by atoms with van der Waals surface area (Å²) in [6.45, 7) is 0.744. The highest BCUT2D eigenvalue weighted by Crippen LogP contribution is 2.00. The third-order valence-corrected chi connectivity index (χ3v) is 4.19. The van der Waals surface area contributed by atoms with Gasteiger partial charge in [0.1, 0.15) is 0 Å². The molecule has 0 aliphatic rings. The summed E-state index contributed by atoms with van der Waals surface area (Å²) in [5, 5.41) is 3.27. The molecule has 1 unspecified atom stereocenters. The molecule has 1 atom stereocenters. The van der Waals surface area contributed by atoms with E-state index in [2.05, 4.69) is 9.88 Å². The van der Waals surface area contributed by atoms with Crippen LogP contribution in [0.25, 0.3) is 0 Å². The Kier molecular flexibility index (Phi) is 5.32. The SMILES string of the molecule is COC(=O)C(C)S(=O)(=O)NCCS(N)(=O)=O. The number of carbonyl (C=O) groups excluding carboxylic acids is 1. The number of sulfonamides is 2. The summed E-state index contributed by atoms with van der Waals surface area (Å²) in [5.74, 6) is -1.47. The number of rotatable bonds is 6. The first-order valence-electron chi connectivity index (χ1n) is 4.17. The van der Waals surface area contributed by atoms with E-state index in [1.165, 1.54) is 0 Å². The number of nitrogens with one attached hydrogen (secondary N) is 1. The average molecular weight is 274 g/mol. The molecule has 8 nitrogen and oxygen atoms in total. The second-order valence-corrected chi connectivity index (χ2v) is 6.79. The Balaban J connectivity index is 4.43. The summed E-state index contributed by atoms with van der Waals surface area (Å²) >= 11 is 0. The van der Waals surface area contributed by atoms with E-state index in [4.69, 9.17) is 0 Å². The molecule has 0 amide bonds. The number of methoxy groups -OCH3 is 1. The Hall–Kier alpha value is -0.710. The van der Waals surface area contributed by atoms with Crippen LogP contribution in [0.2, 0.25) is 0 Å². The van der Waals surface area contributed by atoms with Gasteiger partial charge in [0.05, 0.1) is 12.9 Å². The topological polar surface area (TPSA) is 133 Å². The molecule has 0 fully saturated rings. The standard InChI is InChI=1S/C6H14N2O6S2/c1-5(6(9)14-2)16(12,13)8-3-4-15(7,10)11/h5,8H,3-4H2,1-2H3,(H2,7,10,11). The zero-order chi connectivity index (χ0) is 13.0. The molecule has 0 aliphatic carbocycles. The van der Waals surface area contributed by atoms with Crippen LogP contribution in [0.15, 0.2) is 0 Å². The Labute approximate surface area is 94.3 Å². The Morgan fingerprint density at radius 1 is 1.38 bits per heavy atom. The van der Waals surface area contributed by atoms with Gasteiger partial charge in [0.2, 0.25) is 20.0 Å². The molecule has 0 bridgehead atoms. The fourth-order valence-electron chi connectivity index (χ4n) is 0.744. The molecule has 96 valence electrons. The highest BCUT2D eigenvalue weighted by atomic mass is 32.2. The molecule has 0 spiro atoms. The normalized spacial score (nSPS) is 14.4. The van der Waals surface area contributed by atoms with E-state index >= 15 is 0 Å². The number of primary sulfonamides is 1. The third kappa shape index (κ3) is 5.39. The van der Waals surface area contributed by atoms with Crippen LogP contribution in [0.4, 0.5) is 0 Å². The van der Waals surface area contributed by atoms with Crippen molar-refractivity contribution in [1.82, 2.24) is 4.72 Å². The summed E-state index contributed by atoms with van der Waals surface area (Å²) in [4.78, 5) is 10.9. The van der Waals surface area contributed by atoms with Gasteiger partial charge in [-0.05, 0) is 6.92 Å². The van der Waals surface area contributed by atoms with E-state index in [0.29, 0.717) is 0 Å². The van der Waals surface area contributed by atoms with Crippen molar-refractivity contribution in [2.45, 2.75) is 12.2 Å². The van der Waals surface area contributed by atoms with Gasteiger partial charge in [0.15, 0.2) is 5.25 Å². The number of nitrogens with two attached hydrogens (primary N) is 1. The minimum atomic E-state index is -3.94. The lowest BCUT2D eigenvalue weighted by Crippen LogP contribution is -2.40. The first kappa shape index (κ1) is 15.3. The highest BCUT2D eigenvalue weighted by molar-refractivity contribution is 7.91. The van der Waals surface area contributed by atoms with Crippen molar-refractivity contribution in [3.63, 3.8) is 0 Å². The largest absolute Gasteiger partial charge is 0.468 e. The molecule has 0 aromatic carbocycles. The molecule has 0 aromatic rings. The maximum atomic E-state index is 11.4. The van der Waals surface area contributed by atoms with Gasteiger partial charge in [-0.3, -0.25) is 4.79 Å². The van der Waals surface area contributed by atoms with Crippen molar-refractivity contribution < 1.29 is 26.4 Å². The van der Waals surface area contributed by atoms with Crippen molar-refractivity contribution in [1.29, 1.82) is 0 Å². The number of esters is 1. The number of hydrogen-bond donors (Lipinski definition) is 2. The monoisotopic (exact) mass is 274 g/mol. The van der Waals surface area contributed by atoms with Gasteiger partial charge in [0, 0.05) is 6.54 Å². The molecular weight excluding hydrogens is 260 g/mol. The quantitative estimate of drug-likeness (QED) is 0.526. The van der Waals surface area contributed by atoms with Gasteiger partial charge >= 0.3 is 5.97 Å². The lowest BCUT2D eigenvalue weighted by atomic mass is 10.5. The predicted molar refractivity (Wildman–Crippen MR) is 56.4 cm³/mol. The molecule has 0 heterocycles. The maximum absolute atomic E-state index is 11.4. The van der Waals surface area contributed by atoms with E-state index in [0.717, 1.165) is 14.0 Å². The summed E-state index contributed by atoms with van der Waals surface area (Å²) in [5.41, 5.74) is 0. The summed E-state index contributed by atoms with van der Waals surface area (Å²) in [6.07, 6.45) is 0. The molecule has 16 heavy (non-hydrogen) atoms. The summed E-state index contributed by atoms with van der Waals surface area (Å²) in [7, 11) is -6.63. The Morgan fingerprint density at radius 3 is 2.25 bits per heavy atom. The molecule has 0 saturated heterocycles. The van der Waals surface area contributed by atoms with Crippen LogP contribution in [-0.2, 0) is 29.6 Å². The molecule has 3 N–H and O–H groups in total. The van der Waals surface area contributed by atoms with Gasteiger partial charge in [0.25, 0.3) is 0 Å². The molecular formula is C6H14N2O6S2. The molecule has 0 rings (SSSR count). The van der Waals surface area contributed by atoms with Gasteiger partial charge in [-0.15, -0.1) is 0 Å². The van der Waals surface area contributed by atoms with Crippen molar-refractivity contribution in [2.24, 2.45) is 5.14 Å². The van der Waals surface area contributed by atoms with Crippen LogP contribution in [0.5, 0.6) is 0 Å². The van der Waals surface area contributed by atoms with E-state index in [1.54, 1.807) is 0 Å². The van der Waals surface area contributed by atoms with Crippen LogP contribution in [0.3, 0.4) is 0 Å². The van der Waals surface area contributed by atoms with Crippen LogP contribution in [0, 0.1) is 0 Å². The molecule has 0 saturated carbocycles. The fraction of sp³-hybridized carbons (Fsp3) is 0.833. The lowest BCUT2D eigenvalue weighted by molar-refractivity contribution is -0.139. The zero-order valence-corrected chi connectivity index (χ0v) is 10.5. The van der Waals surface area contributed by atoms with Crippen molar-refractivity contribution in [3.05, 3.63) is 0 Å². The summed E-state index contributed by atoms with van der Waals surface area (Å²) < 4.78 is 50.0. The first-order chi connectivity index (χ1) is 7.10. The van der Waals surface area contributed by atoms with Gasteiger partial charge < -0.3 is 4.74 Å². The highest BCUT2D eigenvalue weighted by Gasteiger charge is 2.28. The number of ether oxygens (including phenoxy) is 1. The smallest absolute Gasteiger partial charge is 0.325 e. The Morgan fingerprint density at radius 2 is 1.88 bits per heavy atom. The van der Waals surface area contributed by atoms with Crippen molar-refractivity contribution >= 4 is 26.0 Å². The van der Waals surface area contributed by atoms with Crippen LogP contribution in [0.1, 0.15) is 6.92 Å². The maximum Gasteiger partial charge on any atom is 0.325 e. The fourth-order valence-corrected chi connectivity index (χ4v) is 2.25. The number of hydrogen-bond acceptors (Lipinski definition) is 6. The number of carbonyl (C=O) groups is 1. The Bertz CT molecular complexity index is 440. The van der Waals surface area contributed by atoms with Crippen molar-refractivity contribution in [2.75, 3.05) is 19.4 Å². The minimum Gasteiger partial charge on any atom is -0.468 e. The van der Waals surface area contributed by atoms with Crippen molar-refractivity contribution in [3.8, 4) is 0 Å². The van der Waals surface area contributed by atoms with Crippen LogP contribution < -0.4 is 9.86 Å². The summed E-state index contributed by atoms with van der Waals surface area (Å²) in [6, 6.07) is 0. The molecule has 0 radical (unpaired) electrons. The predicted octanol–water partition coefficient (Wildman–Crippen LogP) is -2.24. The van der Waals surface area contributed by atoms with E-state index in [1.807, 2.05) is 4.72 Å². The van der Waals surface area contributed by atoms with Gasteiger partial charge in [-0.25, -0.2) is 26.7 Å². The van der Waals surface area contributed by atoms with E-state index in [9.17, 15) is 21.6 Å². The van der Waals surface area contributed by atoms with Crippen LogP contribution in [-0.4, -0.2) is 47.5 Å². The van der Waals surface area contributed by atoms with E-state index in [-0.39, 0.29) is 6.54 Å². The molecule has 10 heteroatoms. The molecule has 0 aromatic heterocycles. The van der Waals surface area contributed by atoms with Gasteiger partial charge in [-0.2, -0.15) is 0 Å². The van der Waals surface area contributed by atoms with Gasteiger partial charge in [-0.1, -0.05) is 0 Å². The second kappa shape index (κ2) is 5.57. The lowest BCUT2D eigenvalue weighted by Gasteiger charge is -2.11. The minimum absolute atomic E-state index is 0.386. The average Bonchev–Trinajstić information content (AvgIpc) is 2.13. The second-order valence-electron chi connectivity index (χ2n) is 2.97. The molecule has 0 aliphatic heterocycles. The third-order valence-electron chi connectivity index (χ3n) is 1.69.